The van der Waals surface area contributed by atoms with Gasteiger partial charge in [0.25, 0.3) is 0 Å². The number of aromatic nitrogens is 4. The molecule has 0 saturated carbocycles. The van der Waals surface area contributed by atoms with Gasteiger partial charge in [-0.05, 0) is 127 Å². The summed E-state index contributed by atoms with van der Waals surface area (Å²) < 4.78 is 17.2. The lowest BCUT2D eigenvalue weighted by molar-refractivity contribution is 0.0615. The third-order valence-corrected chi connectivity index (χ3v) is 12.5. The average Bonchev–Trinajstić information content (AvgIpc) is 3.83. The van der Waals surface area contributed by atoms with Gasteiger partial charge in [0, 0.05) is 21.5 Å². The molecule has 2 aliphatic heterocycles. The number of pyridine rings is 2. The summed E-state index contributed by atoms with van der Waals surface area (Å²) in [4.78, 5) is 20.1. The minimum absolute atomic E-state index is 0.362. The van der Waals surface area contributed by atoms with Gasteiger partial charge in [-0.1, -0.05) is 60.7 Å². The van der Waals surface area contributed by atoms with E-state index < -0.39 is 11.2 Å². The molecular weight excluding hydrogens is 693 g/mol. The van der Waals surface area contributed by atoms with Crippen molar-refractivity contribution in [1.82, 2.24) is 19.1 Å². The van der Waals surface area contributed by atoms with Crippen molar-refractivity contribution in [1.29, 1.82) is 0 Å². The first-order chi connectivity index (χ1) is 26.7. The summed E-state index contributed by atoms with van der Waals surface area (Å²) in [6.45, 7) is 16.7. The van der Waals surface area contributed by atoms with Crippen molar-refractivity contribution in [3.8, 4) is 22.8 Å². The molecule has 56 heavy (non-hydrogen) atoms. The third kappa shape index (κ3) is 5.04. The molecule has 8 aromatic rings. The van der Waals surface area contributed by atoms with Gasteiger partial charge in [-0.15, -0.1) is 0 Å². The van der Waals surface area contributed by atoms with E-state index in [1.54, 1.807) is 0 Å². The van der Waals surface area contributed by atoms with Gasteiger partial charge >= 0.3 is 0 Å². The summed E-state index contributed by atoms with van der Waals surface area (Å²) >= 11 is 0. The summed E-state index contributed by atoms with van der Waals surface area (Å²) in [5.74, 6) is 2.80. The molecule has 0 aliphatic carbocycles. The molecule has 278 valence electrons. The maximum Gasteiger partial charge on any atom is 0.236 e. The van der Waals surface area contributed by atoms with Gasteiger partial charge in [0.05, 0.1) is 33.1 Å². The fourth-order valence-electron chi connectivity index (χ4n) is 7.91. The Hall–Kier alpha value is -6.28. The van der Waals surface area contributed by atoms with Crippen LogP contribution in [0.3, 0.4) is 0 Å². The van der Waals surface area contributed by atoms with Crippen LogP contribution in [0.2, 0.25) is 0 Å². The van der Waals surface area contributed by atoms with Crippen LogP contribution < -0.4 is 0 Å². The van der Waals surface area contributed by atoms with Gasteiger partial charge in [-0.3, -0.25) is 9.13 Å². The highest BCUT2D eigenvalue weighted by atomic mass is 16.5. The lowest BCUT2D eigenvalue weighted by Crippen LogP contribution is -2.41. The van der Waals surface area contributed by atoms with Crippen LogP contribution in [-0.2, 0) is 9.47 Å². The van der Waals surface area contributed by atoms with Gasteiger partial charge in [0.15, 0.2) is 0 Å². The first-order valence-corrected chi connectivity index (χ1v) is 19.3. The summed E-state index contributed by atoms with van der Waals surface area (Å²) in [6, 6.07) is 42.7. The zero-order chi connectivity index (χ0) is 38.8. The molecule has 0 N–H and O–H groups in total. The zero-order valence-electron chi connectivity index (χ0n) is 33.0. The Morgan fingerprint density at radius 2 is 0.804 bits per heavy atom. The SMILES string of the molecule is CC1(C)N=C(c2cccc(-n3c4ccccc4c4cc(-c5ccc6c(c5)c5ccccc5n6-c5cccc(C6=NC(C)(C)C(C)(C)O6)n5)ccc43)n2)OC1(C)C. The highest BCUT2D eigenvalue weighted by Gasteiger charge is 2.47. The van der Waals surface area contributed by atoms with Crippen molar-refractivity contribution < 1.29 is 9.47 Å². The van der Waals surface area contributed by atoms with Crippen LogP contribution in [0.15, 0.2) is 131 Å². The van der Waals surface area contributed by atoms with Crippen LogP contribution in [-0.4, -0.2) is 53.2 Å². The number of hydrogen-bond acceptors (Lipinski definition) is 6. The van der Waals surface area contributed by atoms with Crippen LogP contribution in [0.5, 0.6) is 0 Å². The molecule has 10 rings (SSSR count). The van der Waals surface area contributed by atoms with Crippen molar-refractivity contribution in [3.05, 3.63) is 133 Å². The molecule has 0 amide bonds. The molecule has 0 atom stereocenters. The summed E-state index contributed by atoms with van der Waals surface area (Å²) in [6.07, 6.45) is 0. The molecule has 0 spiro atoms. The predicted molar refractivity (Wildman–Crippen MR) is 228 cm³/mol. The molecular formula is C48H44N6O2. The van der Waals surface area contributed by atoms with E-state index in [9.17, 15) is 0 Å². The minimum Gasteiger partial charge on any atom is -0.468 e. The second-order valence-electron chi connectivity index (χ2n) is 17.1. The smallest absolute Gasteiger partial charge is 0.236 e. The minimum atomic E-state index is -0.432. The normalized spacial score (nSPS) is 18.0. The fourth-order valence-corrected chi connectivity index (χ4v) is 7.91. The zero-order valence-corrected chi connectivity index (χ0v) is 33.0. The van der Waals surface area contributed by atoms with Crippen molar-refractivity contribution in [2.24, 2.45) is 9.98 Å². The molecule has 8 nitrogen and oxygen atoms in total. The van der Waals surface area contributed by atoms with Crippen molar-refractivity contribution in [2.45, 2.75) is 77.7 Å². The number of benzene rings is 4. The van der Waals surface area contributed by atoms with Gasteiger partial charge in [0.2, 0.25) is 11.8 Å². The summed E-state index contributed by atoms with van der Waals surface area (Å²) in [7, 11) is 0. The van der Waals surface area contributed by atoms with Crippen molar-refractivity contribution in [3.63, 3.8) is 0 Å². The van der Waals surface area contributed by atoms with E-state index in [4.69, 9.17) is 29.4 Å². The maximum atomic E-state index is 6.35. The quantitative estimate of drug-likeness (QED) is 0.176. The number of aliphatic imine (C=N–C) groups is 2. The standard InChI is InChI=1S/C48H44N6O2/c1-45(2)47(5,6)55-43(51-45)35-17-13-21-41(49-35)53-37-19-11-9-15-31(37)33-27-29(23-25-39(33)53)30-24-26-40-34(28-30)32-16-10-12-20-38(32)54(40)42-22-14-18-36(50-42)44-52-46(3,4)48(7,8)56-44/h9-28H,1-8H3. The molecule has 4 aromatic carbocycles. The van der Waals surface area contributed by atoms with Gasteiger partial charge in [-0.2, -0.15) is 0 Å². The number of nitrogens with zero attached hydrogens (tertiary/aromatic N) is 6. The number of para-hydroxylation sites is 2. The Balaban J connectivity index is 1.08. The second-order valence-corrected chi connectivity index (χ2v) is 17.1. The van der Waals surface area contributed by atoms with Crippen molar-refractivity contribution in [2.75, 3.05) is 0 Å². The molecule has 0 bridgehead atoms. The molecule has 0 unspecified atom stereocenters. The molecule has 4 aromatic heterocycles. The summed E-state index contributed by atoms with van der Waals surface area (Å²) in [5.41, 5.74) is 6.50. The van der Waals surface area contributed by atoms with E-state index in [-0.39, 0.29) is 11.1 Å². The van der Waals surface area contributed by atoms with Crippen LogP contribution in [0, 0.1) is 0 Å². The predicted octanol–water partition coefficient (Wildman–Crippen LogP) is 11.0. The van der Waals surface area contributed by atoms with E-state index >= 15 is 0 Å². The lowest BCUT2D eigenvalue weighted by atomic mass is 9.87. The first kappa shape index (κ1) is 34.2. The van der Waals surface area contributed by atoms with Gasteiger partial charge in [-0.25, -0.2) is 20.0 Å². The Bertz CT molecular complexity index is 2790. The molecule has 0 saturated heterocycles. The maximum absolute atomic E-state index is 6.35. The third-order valence-electron chi connectivity index (χ3n) is 12.5. The topological polar surface area (TPSA) is 78.8 Å². The lowest BCUT2D eigenvalue weighted by Gasteiger charge is -2.30. The van der Waals surface area contributed by atoms with E-state index in [2.05, 4.69) is 162 Å². The molecule has 2 aliphatic rings. The van der Waals surface area contributed by atoms with Crippen LogP contribution in [0.1, 0.15) is 66.8 Å². The number of rotatable bonds is 5. The molecule has 6 heterocycles. The molecule has 0 radical (unpaired) electrons. The van der Waals surface area contributed by atoms with E-state index in [1.807, 2.05) is 24.3 Å². The van der Waals surface area contributed by atoms with Crippen LogP contribution >= 0.6 is 0 Å². The van der Waals surface area contributed by atoms with E-state index in [0.29, 0.717) is 11.8 Å². The van der Waals surface area contributed by atoms with Gasteiger partial charge in [0.1, 0.15) is 34.2 Å². The van der Waals surface area contributed by atoms with Crippen LogP contribution in [0.25, 0.3) is 66.4 Å². The largest absolute Gasteiger partial charge is 0.468 e. The fraction of sp³-hybridized carbons (Fsp3) is 0.250. The van der Waals surface area contributed by atoms with Crippen molar-refractivity contribution >= 4 is 55.4 Å². The Morgan fingerprint density at radius 3 is 1.20 bits per heavy atom. The number of ether oxygens (including phenoxy) is 2. The van der Waals surface area contributed by atoms with E-state index in [1.165, 1.54) is 10.8 Å². The Kier molecular flexibility index (Phi) is 7.10. The van der Waals surface area contributed by atoms with Gasteiger partial charge < -0.3 is 9.47 Å². The Labute approximate surface area is 326 Å². The molecule has 0 fully saturated rings. The Morgan fingerprint density at radius 1 is 0.411 bits per heavy atom. The van der Waals surface area contributed by atoms with E-state index in [0.717, 1.165) is 67.0 Å². The number of fused-ring (bicyclic) bond motifs is 6. The second kappa shape index (κ2) is 11.6. The monoisotopic (exact) mass is 736 g/mol. The number of hydrogen-bond donors (Lipinski definition) is 0. The van der Waals surface area contributed by atoms with Crippen LogP contribution in [0.4, 0.5) is 0 Å². The average molecular weight is 737 g/mol. The highest BCUT2D eigenvalue weighted by molar-refractivity contribution is 6.12. The highest BCUT2D eigenvalue weighted by Crippen LogP contribution is 2.40. The first-order valence-electron chi connectivity index (χ1n) is 19.3. The molecule has 8 heteroatoms. The summed E-state index contributed by atoms with van der Waals surface area (Å²) in [5, 5.41) is 4.65.